The van der Waals surface area contributed by atoms with Crippen molar-refractivity contribution in [2.75, 3.05) is 19.4 Å². The number of aryl methyl sites for hydroxylation is 2. The minimum absolute atomic E-state index is 0.0466. The second-order valence-electron chi connectivity index (χ2n) is 7.06. The molecule has 0 saturated carbocycles. The average Bonchev–Trinajstić information content (AvgIpc) is 3.09. The average molecular weight is 434 g/mol. The van der Waals surface area contributed by atoms with Crippen molar-refractivity contribution in [3.05, 3.63) is 50.9 Å². The molecule has 0 aliphatic carbocycles. The maximum Gasteiger partial charge on any atom is 0.332 e. The van der Waals surface area contributed by atoms with Crippen LogP contribution in [0.15, 0.2) is 39.0 Å². The number of anilines is 1. The van der Waals surface area contributed by atoms with Crippen molar-refractivity contribution in [1.29, 1.82) is 0 Å². The minimum atomic E-state index is -3.66. The summed E-state index contributed by atoms with van der Waals surface area (Å²) in [6, 6.07) is 4.45. The van der Waals surface area contributed by atoms with Gasteiger partial charge in [-0.15, -0.1) is 0 Å². The molecule has 0 saturated heterocycles. The Morgan fingerprint density at radius 3 is 2.47 bits per heavy atom. The highest BCUT2D eigenvalue weighted by molar-refractivity contribution is 7.89. The van der Waals surface area contributed by atoms with Gasteiger partial charge in [0, 0.05) is 33.9 Å². The molecule has 2 aromatic heterocycles. The predicted octanol–water partition coefficient (Wildman–Crippen LogP) is -0.369. The van der Waals surface area contributed by atoms with Crippen LogP contribution in [0.5, 0.6) is 0 Å². The van der Waals surface area contributed by atoms with Gasteiger partial charge in [0.1, 0.15) is 6.54 Å². The number of hydrogen-bond donors (Lipinski definition) is 1. The number of benzene rings is 1. The molecule has 1 N–H and O–H groups in total. The first-order chi connectivity index (χ1) is 13.9. The Hall–Kier alpha value is -3.25. The Bertz CT molecular complexity index is 1380. The fourth-order valence-corrected chi connectivity index (χ4v) is 3.90. The lowest BCUT2D eigenvalue weighted by atomic mass is 10.2. The third-order valence-corrected chi connectivity index (χ3v) is 6.60. The number of aromatic nitrogens is 4. The van der Waals surface area contributed by atoms with Crippen molar-refractivity contribution < 1.29 is 13.2 Å². The standard InChI is InChI=1S/C18H22N6O5S/c1-11-6-7-12(30(28,29)21(2)3)8-13(11)20-14(25)9-24-10-19-16-15(24)17(26)23(5)18(27)22(16)4/h6-8,10H,9H2,1-5H3,(H,20,25). The van der Waals surface area contributed by atoms with Crippen LogP contribution >= 0.6 is 0 Å². The van der Waals surface area contributed by atoms with E-state index in [4.69, 9.17) is 0 Å². The third kappa shape index (κ3) is 3.55. The van der Waals surface area contributed by atoms with Gasteiger partial charge in [-0.25, -0.2) is 22.5 Å². The first-order valence-electron chi connectivity index (χ1n) is 8.89. The van der Waals surface area contributed by atoms with Gasteiger partial charge < -0.3 is 9.88 Å². The summed E-state index contributed by atoms with van der Waals surface area (Å²) in [7, 11) is 2.02. The zero-order valence-electron chi connectivity index (χ0n) is 17.2. The van der Waals surface area contributed by atoms with Gasteiger partial charge in [-0.05, 0) is 24.6 Å². The largest absolute Gasteiger partial charge is 0.332 e. The zero-order chi connectivity index (χ0) is 22.4. The lowest BCUT2D eigenvalue weighted by Gasteiger charge is -2.14. The summed E-state index contributed by atoms with van der Waals surface area (Å²) >= 11 is 0. The van der Waals surface area contributed by atoms with E-state index < -0.39 is 27.2 Å². The maximum atomic E-state index is 12.6. The van der Waals surface area contributed by atoms with E-state index in [0.29, 0.717) is 11.3 Å². The van der Waals surface area contributed by atoms with Crippen LogP contribution in [0, 0.1) is 6.92 Å². The summed E-state index contributed by atoms with van der Waals surface area (Å²) in [6.45, 7) is 1.49. The number of sulfonamides is 1. The Morgan fingerprint density at radius 1 is 1.17 bits per heavy atom. The van der Waals surface area contributed by atoms with Crippen LogP contribution in [-0.2, 0) is 35.5 Å². The lowest BCUT2D eigenvalue weighted by molar-refractivity contribution is -0.116. The summed E-state index contributed by atoms with van der Waals surface area (Å²) in [4.78, 5) is 41.2. The van der Waals surface area contributed by atoms with Crippen molar-refractivity contribution >= 4 is 32.8 Å². The zero-order valence-corrected chi connectivity index (χ0v) is 18.0. The summed E-state index contributed by atoms with van der Waals surface area (Å²) in [5.74, 6) is -0.479. The number of fused-ring (bicyclic) bond motifs is 1. The highest BCUT2D eigenvalue weighted by atomic mass is 32.2. The predicted molar refractivity (Wildman–Crippen MR) is 111 cm³/mol. The minimum Gasteiger partial charge on any atom is -0.324 e. The molecule has 0 fully saturated rings. The van der Waals surface area contributed by atoms with Crippen LogP contribution in [0.25, 0.3) is 11.2 Å². The van der Waals surface area contributed by atoms with Crippen LogP contribution in [0.3, 0.4) is 0 Å². The quantitative estimate of drug-likeness (QED) is 0.584. The Kier molecular flexibility index (Phi) is 5.39. The van der Waals surface area contributed by atoms with E-state index >= 15 is 0 Å². The van der Waals surface area contributed by atoms with Crippen LogP contribution in [0.1, 0.15) is 5.56 Å². The van der Waals surface area contributed by atoms with Gasteiger partial charge in [0.25, 0.3) is 5.56 Å². The summed E-state index contributed by atoms with van der Waals surface area (Å²) < 4.78 is 29.3. The van der Waals surface area contributed by atoms with Crippen LogP contribution in [-0.4, -0.2) is 51.4 Å². The molecule has 30 heavy (non-hydrogen) atoms. The maximum absolute atomic E-state index is 12.6. The number of rotatable bonds is 5. The Labute approximate surface area is 172 Å². The molecule has 11 nitrogen and oxygen atoms in total. The highest BCUT2D eigenvalue weighted by Gasteiger charge is 2.20. The first kappa shape index (κ1) is 21.5. The van der Waals surface area contributed by atoms with Crippen LogP contribution in [0.4, 0.5) is 5.69 Å². The van der Waals surface area contributed by atoms with Gasteiger partial charge in [-0.3, -0.25) is 18.7 Å². The van der Waals surface area contributed by atoms with Gasteiger partial charge in [-0.1, -0.05) is 6.07 Å². The lowest BCUT2D eigenvalue weighted by Crippen LogP contribution is -2.37. The van der Waals surface area contributed by atoms with E-state index in [-0.39, 0.29) is 22.6 Å². The molecule has 1 amide bonds. The molecule has 0 unspecified atom stereocenters. The number of imidazole rings is 1. The van der Waals surface area contributed by atoms with Crippen molar-refractivity contribution in [2.24, 2.45) is 14.1 Å². The molecular weight excluding hydrogens is 412 g/mol. The van der Waals surface area contributed by atoms with E-state index in [1.54, 1.807) is 13.0 Å². The molecule has 0 aliphatic rings. The van der Waals surface area contributed by atoms with Gasteiger partial charge >= 0.3 is 5.69 Å². The fourth-order valence-electron chi connectivity index (χ4n) is 2.97. The van der Waals surface area contributed by atoms with Crippen molar-refractivity contribution in [3.63, 3.8) is 0 Å². The van der Waals surface area contributed by atoms with E-state index in [1.807, 2.05) is 0 Å². The number of nitrogens with one attached hydrogen (secondary N) is 1. The highest BCUT2D eigenvalue weighted by Crippen LogP contribution is 2.22. The molecule has 0 atom stereocenters. The summed E-state index contributed by atoms with van der Waals surface area (Å²) in [6.07, 6.45) is 1.31. The molecule has 2 heterocycles. The Morgan fingerprint density at radius 2 is 1.83 bits per heavy atom. The summed E-state index contributed by atoms with van der Waals surface area (Å²) in [5.41, 5.74) is 0.231. The van der Waals surface area contributed by atoms with Gasteiger partial charge in [-0.2, -0.15) is 0 Å². The van der Waals surface area contributed by atoms with Gasteiger partial charge in [0.05, 0.1) is 11.2 Å². The molecule has 0 spiro atoms. The second-order valence-corrected chi connectivity index (χ2v) is 9.21. The molecule has 3 aromatic rings. The molecule has 1 aromatic carbocycles. The molecular formula is C18H22N6O5S. The molecule has 0 bridgehead atoms. The molecule has 0 aliphatic heterocycles. The number of amides is 1. The van der Waals surface area contributed by atoms with Crippen molar-refractivity contribution in [1.82, 2.24) is 23.0 Å². The third-order valence-electron chi connectivity index (χ3n) is 4.79. The number of carbonyl (C=O) groups is 1. The normalized spacial score (nSPS) is 11.9. The summed E-state index contributed by atoms with van der Waals surface area (Å²) in [5, 5.41) is 2.68. The number of carbonyl (C=O) groups excluding carboxylic acids is 1. The SMILES string of the molecule is Cc1ccc(S(=O)(=O)N(C)C)cc1NC(=O)Cn1cnc2c1c(=O)n(C)c(=O)n2C. The van der Waals surface area contributed by atoms with E-state index in [2.05, 4.69) is 10.3 Å². The molecule has 160 valence electrons. The molecule has 0 radical (unpaired) electrons. The van der Waals surface area contributed by atoms with Gasteiger partial charge in [0.15, 0.2) is 11.2 Å². The molecule has 3 rings (SSSR count). The van der Waals surface area contributed by atoms with Crippen molar-refractivity contribution in [2.45, 2.75) is 18.4 Å². The van der Waals surface area contributed by atoms with Crippen LogP contribution in [0.2, 0.25) is 0 Å². The topological polar surface area (TPSA) is 128 Å². The monoisotopic (exact) mass is 434 g/mol. The van der Waals surface area contributed by atoms with E-state index in [9.17, 15) is 22.8 Å². The smallest absolute Gasteiger partial charge is 0.324 e. The van der Waals surface area contributed by atoms with Crippen molar-refractivity contribution in [3.8, 4) is 0 Å². The Balaban J connectivity index is 1.94. The van der Waals surface area contributed by atoms with Gasteiger partial charge in [0.2, 0.25) is 15.9 Å². The van der Waals surface area contributed by atoms with Crippen LogP contribution < -0.4 is 16.6 Å². The van der Waals surface area contributed by atoms with E-state index in [1.165, 1.54) is 55.8 Å². The molecule has 12 heteroatoms. The second kappa shape index (κ2) is 7.54. The van der Waals surface area contributed by atoms with E-state index in [0.717, 1.165) is 8.87 Å². The first-order valence-corrected chi connectivity index (χ1v) is 10.3. The number of hydrogen-bond acceptors (Lipinski definition) is 6. The fraction of sp³-hybridized carbons (Fsp3) is 0.333. The number of nitrogens with zero attached hydrogens (tertiary/aromatic N) is 5.